The minimum absolute atomic E-state index is 0.153. The first-order valence-corrected chi connectivity index (χ1v) is 4.80. The highest BCUT2D eigenvalue weighted by Crippen LogP contribution is 2.21. The van der Waals surface area contributed by atoms with E-state index in [9.17, 15) is 5.11 Å². The number of hydrogen-bond donors (Lipinski definition) is 4. The third-order valence-electron chi connectivity index (χ3n) is 1.84. The van der Waals surface area contributed by atoms with Crippen LogP contribution in [0.3, 0.4) is 0 Å². The molecular weight excluding hydrogens is 218 g/mol. The molecule has 5 nitrogen and oxygen atoms in total. The van der Waals surface area contributed by atoms with Gasteiger partial charge in [0.1, 0.15) is 11.4 Å². The SMILES string of the molecule is CC(O)(CO)CNc1ncc(N)cc1Cl. The Bertz CT molecular complexity index is 344. The predicted octanol–water partition coefficient (Wildman–Crippen LogP) is 0.472. The molecule has 0 aliphatic heterocycles. The third kappa shape index (κ3) is 3.54. The second-order valence-electron chi connectivity index (χ2n) is 3.61. The van der Waals surface area contributed by atoms with Crippen LogP contribution in [0.4, 0.5) is 11.5 Å². The van der Waals surface area contributed by atoms with Gasteiger partial charge in [-0.1, -0.05) is 11.6 Å². The van der Waals surface area contributed by atoms with Crippen molar-refractivity contribution in [2.75, 3.05) is 24.2 Å². The molecule has 0 aliphatic carbocycles. The maximum Gasteiger partial charge on any atom is 0.145 e. The summed E-state index contributed by atoms with van der Waals surface area (Å²) < 4.78 is 0. The van der Waals surface area contributed by atoms with Crippen LogP contribution < -0.4 is 11.1 Å². The Balaban J connectivity index is 2.66. The molecule has 84 valence electrons. The van der Waals surface area contributed by atoms with Crippen LogP contribution in [0.1, 0.15) is 6.92 Å². The van der Waals surface area contributed by atoms with Gasteiger partial charge < -0.3 is 21.3 Å². The van der Waals surface area contributed by atoms with Crippen molar-refractivity contribution in [2.24, 2.45) is 0 Å². The molecule has 0 saturated heterocycles. The van der Waals surface area contributed by atoms with E-state index < -0.39 is 5.60 Å². The zero-order valence-electron chi connectivity index (χ0n) is 8.37. The highest BCUT2D eigenvalue weighted by atomic mass is 35.5. The van der Waals surface area contributed by atoms with Gasteiger partial charge in [0.05, 0.1) is 23.5 Å². The number of anilines is 2. The van der Waals surface area contributed by atoms with E-state index in [2.05, 4.69) is 10.3 Å². The molecule has 1 aromatic rings. The van der Waals surface area contributed by atoms with Gasteiger partial charge in [0.15, 0.2) is 0 Å². The lowest BCUT2D eigenvalue weighted by atomic mass is 10.1. The molecule has 5 N–H and O–H groups in total. The predicted molar refractivity (Wildman–Crippen MR) is 59.9 cm³/mol. The quantitative estimate of drug-likeness (QED) is 0.605. The summed E-state index contributed by atoms with van der Waals surface area (Å²) in [5, 5.41) is 21.5. The smallest absolute Gasteiger partial charge is 0.145 e. The van der Waals surface area contributed by atoms with Crippen LogP contribution in [0.2, 0.25) is 5.02 Å². The van der Waals surface area contributed by atoms with Crippen molar-refractivity contribution in [2.45, 2.75) is 12.5 Å². The Morgan fingerprint density at radius 1 is 1.67 bits per heavy atom. The number of nitrogens with one attached hydrogen (secondary N) is 1. The fourth-order valence-electron chi connectivity index (χ4n) is 0.913. The Morgan fingerprint density at radius 3 is 2.87 bits per heavy atom. The van der Waals surface area contributed by atoms with Gasteiger partial charge in [-0.3, -0.25) is 0 Å². The van der Waals surface area contributed by atoms with Crippen molar-refractivity contribution >= 4 is 23.1 Å². The zero-order valence-corrected chi connectivity index (χ0v) is 9.12. The van der Waals surface area contributed by atoms with E-state index in [0.717, 1.165) is 0 Å². The molecule has 1 unspecified atom stereocenters. The average Bonchev–Trinajstić information content (AvgIpc) is 2.16. The molecule has 0 saturated carbocycles. The maximum absolute atomic E-state index is 9.52. The van der Waals surface area contributed by atoms with Crippen LogP contribution in [0.5, 0.6) is 0 Å². The number of pyridine rings is 1. The minimum atomic E-state index is -1.20. The molecule has 1 atom stereocenters. The fraction of sp³-hybridized carbons (Fsp3) is 0.444. The molecule has 6 heteroatoms. The standard InChI is InChI=1S/C9H14ClN3O2/c1-9(15,5-14)4-13-8-7(10)2-6(11)3-12-8/h2-3,14-15H,4-5,11H2,1H3,(H,12,13). The summed E-state index contributed by atoms with van der Waals surface area (Å²) in [6.45, 7) is 1.32. The van der Waals surface area contributed by atoms with Crippen molar-refractivity contribution in [3.05, 3.63) is 17.3 Å². The van der Waals surface area contributed by atoms with Gasteiger partial charge in [-0.25, -0.2) is 4.98 Å². The first-order chi connectivity index (χ1) is 6.94. The third-order valence-corrected chi connectivity index (χ3v) is 2.13. The Hall–Kier alpha value is -1.04. The van der Waals surface area contributed by atoms with Crippen LogP contribution in [-0.2, 0) is 0 Å². The number of nitrogens with two attached hydrogens (primary N) is 1. The lowest BCUT2D eigenvalue weighted by molar-refractivity contribution is 0.0132. The molecular formula is C9H14ClN3O2. The van der Waals surface area contributed by atoms with Crippen LogP contribution in [0.25, 0.3) is 0 Å². The Morgan fingerprint density at radius 2 is 2.33 bits per heavy atom. The highest BCUT2D eigenvalue weighted by Gasteiger charge is 2.19. The summed E-state index contributed by atoms with van der Waals surface area (Å²) in [6.07, 6.45) is 1.46. The van der Waals surface area contributed by atoms with Crippen molar-refractivity contribution in [3.63, 3.8) is 0 Å². The molecule has 0 spiro atoms. The van der Waals surface area contributed by atoms with E-state index in [1.54, 1.807) is 6.07 Å². The summed E-state index contributed by atoms with van der Waals surface area (Å²) in [6, 6.07) is 1.56. The molecule has 0 aliphatic rings. The zero-order chi connectivity index (χ0) is 11.5. The van der Waals surface area contributed by atoms with Gasteiger partial charge >= 0.3 is 0 Å². The second kappa shape index (κ2) is 4.65. The second-order valence-corrected chi connectivity index (χ2v) is 4.01. The fourth-order valence-corrected chi connectivity index (χ4v) is 1.15. The van der Waals surface area contributed by atoms with E-state index >= 15 is 0 Å². The normalized spacial score (nSPS) is 14.7. The van der Waals surface area contributed by atoms with Gasteiger partial charge in [-0.2, -0.15) is 0 Å². The first kappa shape index (κ1) is 12.0. The number of aromatic nitrogens is 1. The Labute approximate surface area is 92.9 Å². The molecule has 0 radical (unpaired) electrons. The lowest BCUT2D eigenvalue weighted by Gasteiger charge is -2.21. The minimum Gasteiger partial charge on any atom is -0.397 e. The molecule has 0 aromatic carbocycles. The summed E-state index contributed by atoms with van der Waals surface area (Å²) in [4.78, 5) is 3.95. The van der Waals surface area contributed by atoms with Crippen molar-refractivity contribution in [3.8, 4) is 0 Å². The van der Waals surface area contributed by atoms with Crippen molar-refractivity contribution in [1.29, 1.82) is 0 Å². The number of nitrogens with zero attached hydrogens (tertiary/aromatic N) is 1. The number of aliphatic hydroxyl groups is 2. The van der Waals surface area contributed by atoms with Gasteiger partial charge in [0, 0.05) is 6.54 Å². The van der Waals surface area contributed by atoms with Crippen LogP contribution in [0, 0.1) is 0 Å². The van der Waals surface area contributed by atoms with E-state index in [1.165, 1.54) is 13.1 Å². The molecule has 0 amide bonds. The van der Waals surface area contributed by atoms with Crippen molar-refractivity contribution < 1.29 is 10.2 Å². The number of nitrogen functional groups attached to an aromatic ring is 1. The van der Waals surface area contributed by atoms with E-state index in [1.807, 2.05) is 0 Å². The van der Waals surface area contributed by atoms with Crippen LogP contribution >= 0.6 is 11.6 Å². The number of aliphatic hydroxyl groups excluding tert-OH is 1. The van der Waals surface area contributed by atoms with Crippen molar-refractivity contribution in [1.82, 2.24) is 4.98 Å². The summed E-state index contributed by atoms with van der Waals surface area (Å²) in [5.41, 5.74) is 4.74. The van der Waals surface area contributed by atoms with Gasteiger partial charge in [-0.05, 0) is 13.0 Å². The average molecular weight is 232 g/mol. The monoisotopic (exact) mass is 231 g/mol. The van der Waals surface area contributed by atoms with Gasteiger partial charge in [0.2, 0.25) is 0 Å². The van der Waals surface area contributed by atoms with E-state index in [0.29, 0.717) is 16.5 Å². The highest BCUT2D eigenvalue weighted by molar-refractivity contribution is 6.33. The van der Waals surface area contributed by atoms with Crippen LogP contribution in [0.15, 0.2) is 12.3 Å². The molecule has 1 heterocycles. The summed E-state index contributed by atoms with van der Waals surface area (Å²) in [5.74, 6) is 0.430. The topological polar surface area (TPSA) is 91.4 Å². The molecule has 0 fully saturated rings. The summed E-state index contributed by atoms with van der Waals surface area (Å²) in [7, 11) is 0. The Kier molecular flexibility index (Phi) is 3.73. The molecule has 1 rings (SSSR count). The van der Waals surface area contributed by atoms with Crippen LogP contribution in [-0.4, -0.2) is 33.9 Å². The molecule has 1 aromatic heterocycles. The molecule has 15 heavy (non-hydrogen) atoms. The summed E-state index contributed by atoms with van der Waals surface area (Å²) >= 11 is 5.85. The molecule has 0 bridgehead atoms. The van der Waals surface area contributed by atoms with E-state index in [4.69, 9.17) is 22.4 Å². The number of rotatable bonds is 4. The van der Waals surface area contributed by atoms with Gasteiger partial charge in [0.25, 0.3) is 0 Å². The largest absolute Gasteiger partial charge is 0.397 e. The maximum atomic E-state index is 9.52. The first-order valence-electron chi connectivity index (χ1n) is 4.43. The van der Waals surface area contributed by atoms with E-state index in [-0.39, 0.29) is 13.2 Å². The number of hydrogen-bond acceptors (Lipinski definition) is 5. The number of halogens is 1. The lowest BCUT2D eigenvalue weighted by Crippen LogP contribution is -2.37. The van der Waals surface area contributed by atoms with Gasteiger partial charge in [-0.15, -0.1) is 0 Å².